The molecule has 0 radical (unpaired) electrons. The molecule has 0 aliphatic carbocycles. The first kappa shape index (κ1) is 23.4. The average Bonchev–Trinajstić information content (AvgIpc) is 3.15. The van der Waals surface area contributed by atoms with Gasteiger partial charge in [0.15, 0.2) is 11.2 Å². The van der Waals surface area contributed by atoms with E-state index in [1.54, 1.807) is 6.20 Å². The minimum absolute atomic E-state index is 0.156. The first-order valence-corrected chi connectivity index (χ1v) is 11.7. The zero-order valence-electron chi connectivity index (χ0n) is 19.8. The molecular formula is C25H30N6O3. The summed E-state index contributed by atoms with van der Waals surface area (Å²) in [5, 5.41) is 3.84. The van der Waals surface area contributed by atoms with Crippen molar-refractivity contribution in [2.45, 2.75) is 59.5 Å². The van der Waals surface area contributed by atoms with E-state index in [9.17, 15) is 14.4 Å². The van der Waals surface area contributed by atoms with Crippen LogP contribution in [-0.4, -0.2) is 30.0 Å². The van der Waals surface area contributed by atoms with Gasteiger partial charge in [0.25, 0.3) is 5.56 Å². The summed E-state index contributed by atoms with van der Waals surface area (Å²) < 4.78 is 3.39. The van der Waals surface area contributed by atoms with E-state index in [1.165, 1.54) is 4.57 Å². The Kier molecular flexibility index (Phi) is 6.90. The van der Waals surface area contributed by atoms with Crippen LogP contribution in [0.2, 0.25) is 0 Å². The number of benzene rings is 1. The maximum atomic E-state index is 12.8. The van der Waals surface area contributed by atoms with Crippen molar-refractivity contribution in [3.05, 3.63) is 63.2 Å². The van der Waals surface area contributed by atoms with Gasteiger partial charge in [0, 0.05) is 37.5 Å². The first-order valence-electron chi connectivity index (χ1n) is 11.7. The minimum atomic E-state index is -0.450. The second-order valence-corrected chi connectivity index (χ2v) is 8.89. The van der Waals surface area contributed by atoms with Gasteiger partial charge in [-0.2, -0.15) is 0 Å². The van der Waals surface area contributed by atoms with Gasteiger partial charge in [0.05, 0.1) is 11.2 Å². The second-order valence-electron chi connectivity index (χ2n) is 8.89. The Bertz CT molecular complexity index is 1440. The molecule has 0 aliphatic heterocycles. The molecule has 1 amide bonds. The van der Waals surface area contributed by atoms with E-state index in [1.807, 2.05) is 41.8 Å². The van der Waals surface area contributed by atoms with Crippen LogP contribution in [0.4, 0.5) is 5.69 Å². The molecule has 3 heterocycles. The maximum Gasteiger partial charge on any atom is 0.330 e. The summed E-state index contributed by atoms with van der Waals surface area (Å²) in [5.74, 6) is 0.722. The third kappa shape index (κ3) is 4.78. The minimum Gasteiger partial charge on any atom is -0.325 e. The number of nitrogens with zero attached hydrogens (tertiary/aromatic N) is 4. The summed E-state index contributed by atoms with van der Waals surface area (Å²) in [4.78, 5) is 49.5. The van der Waals surface area contributed by atoms with E-state index in [4.69, 9.17) is 0 Å². The highest BCUT2D eigenvalue weighted by molar-refractivity contribution is 6.00. The van der Waals surface area contributed by atoms with Gasteiger partial charge < -0.3 is 9.88 Å². The second kappa shape index (κ2) is 10.0. The highest BCUT2D eigenvalue weighted by atomic mass is 16.2. The van der Waals surface area contributed by atoms with Crippen LogP contribution >= 0.6 is 0 Å². The third-order valence-electron chi connectivity index (χ3n) is 5.74. The number of amides is 1. The van der Waals surface area contributed by atoms with Crippen LogP contribution < -0.4 is 16.6 Å². The Morgan fingerprint density at radius 1 is 1.15 bits per heavy atom. The van der Waals surface area contributed by atoms with E-state index < -0.39 is 11.2 Å². The monoisotopic (exact) mass is 462 g/mol. The molecule has 0 saturated heterocycles. The molecule has 2 N–H and O–H groups in total. The lowest BCUT2D eigenvalue weighted by Crippen LogP contribution is -2.31. The summed E-state index contributed by atoms with van der Waals surface area (Å²) in [6.07, 6.45) is 3.97. The van der Waals surface area contributed by atoms with Crippen LogP contribution in [-0.2, 0) is 24.3 Å². The van der Waals surface area contributed by atoms with Crippen molar-refractivity contribution >= 4 is 33.7 Å². The number of pyridine rings is 1. The number of aromatic nitrogens is 5. The van der Waals surface area contributed by atoms with Gasteiger partial charge >= 0.3 is 5.69 Å². The highest BCUT2D eigenvalue weighted by Gasteiger charge is 2.20. The fourth-order valence-corrected chi connectivity index (χ4v) is 4.14. The molecule has 4 aromatic rings. The lowest BCUT2D eigenvalue weighted by Gasteiger charge is -2.12. The summed E-state index contributed by atoms with van der Waals surface area (Å²) >= 11 is 0. The van der Waals surface area contributed by atoms with Gasteiger partial charge in [-0.05, 0) is 36.6 Å². The Morgan fingerprint density at radius 3 is 2.74 bits per heavy atom. The van der Waals surface area contributed by atoms with E-state index in [-0.39, 0.29) is 18.2 Å². The number of unbranched alkanes of at least 4 members (excludes halogenated alkanes) is 1. The van der Waals surface area contributed by atoms with E-state index in [2.05, 4.69) is 34.1 Å². The summed E-state index contributed by atoms with van der Waals surface area (Å²) in [6.45, 7) is 7.20. The molecule has 0 atom stereocenters. The number of nitrogens with one attached hydrogen (secondary N) is 2. The fraction of sp³-hybridized carbons (Fsp3) is 0.400. The van der Waals surface area contributed by atoms with Crippen LogP contribution in [0.25, 0.3) is 22.1 Å². The molecule has 9 heteroatoms. The molecule has 0 aliphatic rings. The van der Waals surface area contributed by atoms with Crippen LogP contribution in [0.5, 0.6) is 0 Å². The van der Waals surface area contributed by atoms with Crippen molar-refractivity contribution in [3.8, 4) is 0 Å². The smallest absolute Gasteiger partial charge is 0.325 e. The Balaban J connectivity index is 1.64. The number of H-pyrrole nitrogens is 1. The van der Waals surface area contributed by atoms with Crippen molar-refractivity contribution in [2.75, 3.05) is 5.32 Å². The van der Waals surface area contributed by atoms with Crippen molar-refractivity contribution < 1.29 is 4.79 Å². The maximum absolute atomic E-state index is 12.8. The Labute approximate surface area is 196 Å². The van der Waals surface area contributed by atoms with E-state index in [0.717, 1.165) is 23.7 Å². The van der Waals surface area contributed by atoms with Gasteiger partial charge in [-0.3, -0.25) is 24.1 Å². The SMILES string of the molecule is CCCCn1c(=O)[nH]c(=O)c2c1nc(CCC(=O)Nc1cccc3ncccc13)n2CC(C)C. The Hall–Kier alpha value is -3.75. The number of aryl methyl sites for hydroxylation is 2. The molecule has 9 nitrogen and oxygen atoms in total. The van der Waals surface area contributed by atoms with E-state index >= 15 is 0 Å². The number of imidazole rings is 1. The number of aromatic amines is 1. The number of anilines is 1. The number of carbonyl (C=O) groups excluding carboxylic acids is 1. The van der Waals surface area contributed by atoms with Crippen LogP contribution in [0.3, 0.4) is 0 Å². The molecule has 0 bridgehead atoms. The number of hydrogen-bond donors (Lipinski definition) is 2. The van der Waals surface area contributed by atoms with Crippen molar-refractivity contribution in [1.82, 2.24) is 24.1 Å². The summed E-state index contributed by atoms with van der Waals surface area (Å²) in [7, 11) is 0. The molecule has 3 aromatic heterocycles. The molecule has 0 spiro atoms. The Morgan fingerprint density at radius 2 is 1.97 bits per heavy atom. The van der Waals surface area contributed by atoms with Gasteiger partial charge in [-0.15, -0.1) is 0 Å². The normalized spacial score (nSPS) is 11.5. The van der Waals surface area contributed by atoms with Gasteiger partial charge in [0.2, 0.25) is 5.91 Å². The topological polar surface area (TPSA) is 115 Å². The predicted octanol–water partition coefficient (Wildman–Crippen LogP) is 3.46. The van der Waals surface area contributed by atoms with Gasteiger partial charge in [-0.25, -0.2) is 9.78 Å². The van der Waals surface area contributed by atoms with E-state index in [0.29, 0.717) is 42.2 Å². The predicted molar refractivity (Wildman–Crippen MR) is 133 cm³/mol. The van der Waals surface area contributed by atoms with Crippen LogP contribution in [0.1, 0.15) is 45.9 Å². The molecule has 1 aromatic carbocycles. The molecule has 0 unspecified atom stereocenters. The number of hydrogen-bond acceptors (Lipinski definition) is 5. The average molecular weight is 463 g/mol. The molecule has 0 saturated carbocycles. The summed E-state index contributed by atoms with van der Waals surface area (Å²) in [6, 6.07) is 9.36. The lowest BCUT2D eigenvalue weighted by atomic mass is 10.1. The lowest BCUT2D eigenvalue weighted by molar-refractivity contribution is -0.116. The van der Waals surface area contributed by atoms with Crippen molar-refractivity contribution in [3.63, 3.8) is 0 Å². The molecule has 4 rings (SSSR count). The molecule has 34 heavy (non-hydrogen) atoms. The molecular weight excluding hydrogens is 432 g/mol. The standard InChI is InChI=1S/C25H30N6O3/c1-4-5-14-30-23-22(24(33)29-25(30)34)31(15-16(2)3)20(28-23)11-12-21(32)27-19-10-6-9-18-17(19)8-7-13-26-18/h6-10,13,16H,4-5,11-12,14-15H2,1-3H3,(H,27,32)(H,29,33,34). The zero-order valence-corrected chi connectivity index (χ0v) is 19.8. The third-order valence-corrected chi connectivity index (χ3v) is 5.74. The molecule has 178 valence electrons. The number of fused-ring (bicyclic) bond motifs is 2. The molecule has 0 fully saturated rings. The number of rotatable bonds is 9. The fourth-order valence-electron chi connectivity index (χ4n) is 4.14. The quantitative estimate of drug-likeness (QED) is 0.395. The highest BCUT2D eigenvalue weighted by Crippen LogP contribution is 2.22. The largest absolute Gasteiger partial charge is 0.330 e. The van der Waals surface area contributed by atoms with Gasteiger partial charge in [-0.1, -0.05) is 33.3 Å². The number of carbonyl (C=O) groups is 1. The zero-order chi connectivity index (χ0) is 24.2. The van der Waals surface area contributed by atoms with Crippen LogP contribution in [0.15, 0.2) is 46.1 Å². The van der Waals surface area contributed by atoms with Gasteiger partial charge in [0.1, 0.15) is 5.82 Å². The van der Waals surface area contributed by atoms with Crippen LogP contribution in [0, 0.1) is 5.92 Å². The first-order chi connectivity index (χ1) is 16.4. The van der Waals surface area contributed by atoms with Crippen molar-refractivity contribution in [1.29, 1.82) is 0 Å². The van der Waals surface area contributed by atoms with Crippen molar-refractivity contribution in [2.24, 2.45) is 5.92 Å². The summed E-state index contributed by atoms with van der Waals surface area (Å²) in [5.41, 5.74) is 1.40.